The molecule has 0 amide bonds. The van der Waals surface area contributed by atoms with Gasteiger partial charge in [-0.05, 0) is 32.4 Å². The SMILES string of the molecule is CCCCC(C(=O)OC(C)c1ccccc1[N+](=O)[O-])C(N)(N)C(=O)OC(C)c1ccccc1[N+](=O)[O-]. The molecule has 2 rings (SSSR count). The van der Waals surface area contributed by atoms with E-state index in [0.29, 0.717) is 12.8 Å². The van der Waals surface area contributed by atoms with Gasteiger partial charge in [-0.3, -0.25) is 25.0 Å². The van der Waals surface area contributed by atoms with Crippen molar-refractivity contribution in [2.24, 2.45) is 17.4 Å². The number of ether oxygens (including phenoxy) is 2. The van der Waals surface area contributed by atoms with E-state index >= 15 is 0 Å². The van der Waals surface area contributed by atoms with Crippen LogP contribution in [-0.2, 0) is 19.1 Å². The van der Waals surface area contributed by atoms with E-state index in [1.165, 1.54) is 50.2 Å². The van der Waals surface area contributed by atoms with Gasteiger partial charge in [-0.2, -0.15) is 0 Å². The summed E-state index contributed by atoms with van der Waals surface area (Å²) in [6.07, 6.45) is -0.898. The molecule has 12 nitrogen and oxygen atoms in total. The van der Waals surface area contributed by atoms with E-state index in [9.17, 15) is 29.8 Å². The van der Waals surface area contributed by atoms with Gasteiger partial charge in [0.05, 0.1) is 26.9 Å². The van der Waals surface area contributed by atoms with Gasteiger partial charge in [-0.1, -0.05) is 44.0 Å². The van der Waals surface area contributed by atoms with Gasteiger partial charge >= 0.3 is 11.9 Å². The highest BCUT2D eigenvalue weighted by Crippen LogP contribution is 2.32. The molecule has 2 aromatic rings. The highest BCUT2D eigenvalue weighted by molar-refractivity contribution is 5.88. The Bertz CT molecular complexity index is 1120. The van der Waals surface area contributed by atoms with Crippen LogP contribution in [0, 0.1) is 26.1 Å². The number of carbonyl (C=O) groups is 2. The Labute approximate surface area is 207 Å². The molecule has 0 aliphatic rings. The third kappa shape index (κ3) is 6.61. The minimum atomic E-state index is -2.33. The molecule has 4 N–H and O–H groups in total. The largest absolute Gasteiger partial charge is 0.457 e. The number of hydrogen-bond donors (Lipinski definition) is 2. The molecule has 0 aliphatic carbocycles. The first-order chi connectivity index (χ1) is 16.9. The average molecular weight is 503 g/mol. The van der Waals surface area contributed by atoms with E-state index in [4.69, 9.17) is 20.9 Å². The van der Waals surface area contributed by atoms with Crippen molar-refractivity contribution >= 4 is 23.3 Å². The highest BCUT2D eigenvalue weighted by atomic mass is 16.6. The fourth-order valence-electron chi connectivity index (χ4n) is 3.74. The van der Waals surface area contributed by atoms with Crippen molar-refractivity contribution in [1.82, 2.24) is 0 Å². The fourth-order valence-corrected chi connectivity index (χ4v) is 3.74. The van der Waals surface area contributed by atoms with Crippen LogP contribution in [0.2, 0.25) is 0 Å². The third-order valence-corrected chi connectivity index (χ3v) is 5.78. The van der Waals surface area contributed by atoms with E-state index in [-0.39, 0.29) is 28.9 Å². The van der Waals surface area contributed by atoms with Crippen molar-refractivity contribution in [1.29, 1.82) is 0 Å². The van der Waals surface area contributed by atoms with Crippen LogP contribution in [0.4, 0.5) is 11.4 Å². The number of para-hydroxylation sites is 2. The summed E-state index contributed by atoms with van der Waals surface area (Å²) in [5.74, 6) is -3.41. The van der Waals surface area contributed by atoms with Crippen molar-refractivity contribution in [3.8, 4) is 0 Å². The minimum Gasteiger partial charge on any atom is -0.457 e. The summed E-state index contributed by atoms with van der Waals surface area (Å²) in [4.78, 5) is 47.6. The van der Waals surface area contributed by atoms with Crippen molar-refractivity contribution in [2.75, 3.05) is 0 Å². The Kier molecular flexibility index (Phi) is 9.59. The predicted molar refractivity (Wildman–Crippen MR) is 129 cm³/mol. The first kappa shape index (κ1) is 28.3. The van der Waals surface area contributed by atoms with Gasteiger partial charge in [0.15, 0.2) is 5.66 Å². The fraction of sp³-hybridized carbons (Fsp3) is 0.417. The molecule has 0 heterocycles. The summed E-state index contributed by atoms with van der Waals surface area (Å²) in [5.41, 5.74) is 9.73. The summed E-state index contributed by atoms with van der Waals surface area (Å²) < 4.78 is 10.8. The van der Waals surface area contributed by atoms with Gasteiger partial charge in [-0.25, -0.2) is 4.79 Å². The summed E-state index contributed by atoms with van der Waals surface area (Å²) in [7, 11) is 0. The van der Waals surface area contributed by atoms with Crippen LogP contribution in [0.25, 0.3) is 0 Å². The van der Waals surface area contributed by atoms with Crippen molar-refractivity contribution in [3.63, 3.8) is 0 Å². The second kappa shape index (κ2) is 12.2. The zero-order valence-corrected chi connectivity index (χ0v) is 20.3. The number of hydrogen-bond acceptors (Lipinski definition) is 10. The monoisotopic (exact) mass is 502 g/mol. The van der Waals surface area contributed by atoms with Gasteiger partial charge in [0.1, 0.15) is 12.2 Å². The maximum absolute atomic E-state index is 13.1. The first-order valence-electron chi connectivity index (χ1n) is 11.4. The summed E-state index contributed by atoms with van der Waals surface area (Å²) in [5, 5.41) is 22.7. The number of esters is 2. The molecule has 3 unspecified atom stereocenters. The van der Waals surface area contributed by atoms with Crippen LogP contribution >= 0.6 is 0 Å². The molecule has 0 saturated heterocycles. The second-order valence-corrected chi connectivity index (χ2v) is 8.39. The minimum absolute atomic E-state index is 0.0842. The predicted octanol–water partition coefficient (Wildman–Crippen LogP) is 3.83. The van der Waals surface area contributed by atoms with E-state index in [0.717, 1.165) is 0 Å². The van der Waals surface area contributed by atoms with Crippen molar-refractivity contribution < 1.29 is 28.9 Å². The molecule has 0 aliphatic heterocycles. The van der Waals surface area contributed by atoms with Crippen LogP contribution in [-0.4, -0.2) is 27.4 Å². The Morgan fingerprint density at radius 2 is 1.33 bits per heavy atom. The molecular formula is C24H30N4O8. The van der Waals surface area contributed by atoms with Gasteiger partial charge in [-0.15, -0.1) is 0 Å². The van der Waals surface area contributed by atoms with E-state index < -0.39 is 45.6 Å². The molecule has 2 aromatic carbocycles. The number of nitrogens with two attached hydrogens (primary N) is 2. The number of benzene rings is 2. The van der Waals surface area contributed by atoms with E-state index in [1.54, 1.807) is 12.1 Å². The van der Waals surface area contributed by atoms with Crippen LogP contribution in [0.15, 0.2) is 48.5 Å². The molecule has 0 spiro atoms. The molecule has 0 radical (unpaired) electrons. The lowest BCUT2D eigenvalue weighted by atomic mass is 9.88. The number of nitrogens with zero attached hydrogens (tertiary/aromatic N) is 2. The van der Waals surface area contributed by atoms with Gasteiger partial charge in [0, 0.05) is 12.1 Å². The summed E-state index contributed by atoms with van der Waals surface area (Å²) in [6, 6.07) is 11.5. The second-order valence-electron chi connectivity index (χ2n) is 8.39. The summed E-state index contributed by atoms with van der Waals surface area (Å²) in [6.45, 7) is 4.75. The van der Waals surface area contributed by atoms with E-state index in [2.05, 4.69) is 0 Å². The molecule has 36 heavy (non-hydrogen) atoms. The van der Waals surface area contributed by atoms with Crippen molar-refractivity contribution in [3.05, 3.63) is 79.9 Å². The molecule has 0 bridgehead atoms. The molecule has 0 fully saturated rings. The van der Waals surface area contributed by atoms with Gasteiger partial charge in [0.25, 0.3) is 11.4 Å². The summed E-state index contributed by atoms with van der Waals surface area (Å²) >= 11 is 0. The zero-order chi connectivity index (χ0) is 27.0. The third-order valence-electron chi connectivity index (χ3n) is 5.78. The zero-order valence-electron chi connectivity index (χ0n) is 20.3. The maximum atomic E-state index is 13.1. The molecule has 0 saturated carbocycles. The standard InChI is InChI=1S/C24H30N4O8/c1-4-5-12-19(22(29)35-15(2)17-10-6-8-13-20(17)27(31)32)24(25,26)23(30)36-16(3)18-11-7-9-14-21(18)28(33)34/h6-11,13-16,19H,4-5,12,25-26H2,1-3H3. The first-order valence-corrected chi connectivity index (χ1v) is 11.4. The molecule has 3 atom stereocenters. The highest BCUT2D eigenvalue weighted by Gasteiger charge is 2.46. The Morgan fingerprint density at radius 1 is 0.889 bits per heavy atom. The number of rotatable bonds is 12. The molecular weight excluding hydrogens is 472 g/mol. The quantitative estimate of drug-likeness (QED) is 0.186. The lowest BCUT2D eigenvalue weighted by molar-refractivity contribution is -0.386. The smallest absolute Gasteiger partial charge is 0.342 e. The number of nitro benzene ring substituents is 2. The Hall–Kier alpha value is -3.90. The maximum Gasteiger partial charge on any atom is 0.342 e. The molecule has 12 heteroatoms. The van der Waals surface area contributed by atoms with Crippen LogP contribution < -0.4 is 11.5 Å². The van der Waals surface area contributed by atoms with Gasteiger partial charge < -0.3 is 20.9 Å². The van der Waals surface area contributed by atoms with Crippen LogP contribution in [0.1, 0.15) is 63.4 Å². The Balaban J connectivity index is 2.27. The molecule has 0 aromatic heterocycles. The normalized spacial score (nSPS) is 13.8. The molecule has 194 valence electrons. The van der Waals surface area contributed by atoms with Crippen LogP contribution in [0.3, 0.4) is 0 Å². The lowest BCUT2D eigenvalue weighted by Gasteiger charge is -2.32. The number of unbranched alkanes of at least 4 members (excludes halogenated alkanes) is 1. The van der Waals surface area contributed by atoms with Gasteiger partial charge in [0.2, 0.25) is 0 Å². The van der Waals surface area contributed by atoms with Crippen LogP contribution in [0.5, 0.6) is 0 Å². The van der Waals surface area contributed by atoms with E-state index in [1.807, 2.05) is 6.92 Å². The number of nitro groups is 2. The lowest BCUT2D eigenvalue weighted by Crippen LogP contribution is -2.64. The average Bonchev–Trinajstić information content (AvgIpc) is 2.83. The number of carbonyl (C=O) groups excluding carboxylic acids is 2. The van der Waals surface area contributed by atoms with Crippen molar-refractivity contribution in [2.45, 2.75) is 57.9 Å². The topological polar surface area (TPSA) is 191 Å². The Morgan fingerprint density at radius 3 is 1.78 bits per heavy atom.